The SMILES string of the molecule is CCCS(=O)(=O)O/N=C(\C#N)C1CCC(OCCCOC2CCC(/C(=N/OS(=O)(=O)CCC)C(F)(F)F)CC2)CC1. The summed E-state index contributed by atoms with van der Waals surface area (Å²) < 4.78 is 108. The van der Waals surface area contributed by atoms with Gasteiger partial charge in [0.1, 0.15) is 6.07 Å². The lowest BCUT2D eigenvalue weighted by Gasteiger charge is -2.30. The van der Waals surface area contributed by atoms with Crippen molar-refractivity contribution in [2.24, 2.45) is 22.1 Å². The van der Waals surface area contributed by atoms with Gasteiger partial charge in [0.25, 0.3) is 0 Å². The van der Waals surface area contributed by atoms with Crippen LogP contribution in [0.4, 0.5) is 13.2 Å². The number of ether oxygens (including phenoxy) is 2. The molecule has 0 radical (unpaired) electrons. The Hall–Kier alpha value is -1.96. The topological polar surface area (TPSA) is 154 Å². The Bertz CT molecular complexity index is 1120. The zero-order chi connectivity index (χ0) is 30.5. The van der Waals surface area contributed by atoms with Crippen molar-refractivity contribution in [1.82, 2.24) is 0 Å². The van der Waals surface area contributed by atoms with Crippen LogP contribution in [0.25, 0.3) is 0 Å². The van der Waals surface area contributed by atoms with Gasteiger partial charge in [0.05, 0.1) is 23.7 Å². The first-order valence-electron chi connectivity index (χ1n) is 14.0. The first kappa shape index (κ1) is 35.2. The van der Waals surface area contributed by atoms with E-state index in [0.717, 1.165) is 0 Å². The van der Waals surface area contributed by atoms with Crippen molar-refractivity contribution in [2.75, 3.05) is 24.7 Å². The first-order valence-corrected chi connectivity index (χ1v) is 17.1. The van der Waals surface area contributed by atoms with Gasteiger partial charge in [-0.2, -0.15) is 35.3 Å². The summed E-state index contributed by atoms with van der Waals surface area (Å²) in [5, 5.41) is 15.9. The fourth-order valence-corrected chi connectivity index (χ4v) is 6.41. The van der Waals surface area contributed by atoms with Crippen LogP contribution < -0.4 is 0 Å². The minimum Gasteiger partial charge on any atom is -0.378 e. The van der Waals surface area contributed by atoms with Crippen LogP contribution in [0.15, 0.2) is 10.3 Å². The standard InChI is InChI=1S/C25H40F3N3O8S2/c1-3-16-40(32,33)38-30-23(18-29)19-6-10-21(11-7-19)36-14-5-15-37-22-12-8-20(9-13-22)24(25(26,27)28)31-39-41(34,35)17-4-2/h19-22H,3-17H2,1-2H3/b30-23+,31-24-. The molecule has 2 fully saturated rings. The molecule has 41 heavy (non-hydrogen) atoms. The third-order valence-electron chi connectivity index (χ3n) is 6.93. The molecule has 2 saturated carbocycles. The van der Waals surface area contributed by atoms with Gasteiger partial charge in [-0.25, -0.2) is 0 Å². The summed E-state index contributed by atoms with van der Waals surface area (Å²) in [5.74, 6) is -1.72. The van der Waals surface area contributed by atoms with E-state index >= 15 is 0 Å². The van der Waals surface area contributed by atoms with Crippen LogP contribution in [-0.2, 0) is 38.3 Å². The van der Waals surface area contributed by atoms with Gasteiger partial charge in [-0.15, -0.1) is 0 Å². The highest BCUT2D eigenvalue weighted by atomic mass is 32.2. The Morgan fingerprint density at radius 2 is 1.22 bits per heavy atom. The monoisotopic (exact) mass is 631 g/mol. The molecule has 0 aromatic rings. The predicted octanol–water partition coefficient (Wildman–Crippen LogP) is 4.84. The predicted molar refractivity (Wildman–Crippen MR) is 145 cm³/mol. The molecule has 0 aromatic carbocycles. The van der Waals surface area contributed by atoms with Crippen LogP contribution in [0.3, 0.4) is 0 Å². The van der Waals surface area contributed by atoms with E-state index in [-0.39, 0.29) is 48.9 Å². The van der Waals surface area contributed by atoms with Gasteiger partial charge in [-0.3, -0.25) is 8.57 Å². The molecule has 0 aromatic heterocycles. The molecule has 236 valence electrons. The van der Waals surface area contributed by atoms with Crippen molar-refractivity contribution in [1.29, 1.82) is 5.26 Å². The second-order valence-electron chi connectivity index (χ2n) is 10.3. The lowest BCUT2D eigenvalue weighted by atomic mass is 9.84. The van der Waals surface area contributed by atoms with Crippen molar-refractivity contribution in [2.45, 2.75) is 103 Å². The third kappa shape index (κ3) is 12.8. The van der Waals surface area contributed by atoms with E-state index in [1.165, 1.54) is 0 Å². The van der Waals surface area contributed by atoms with Gasteiger partial charge >= 0.3 is 26.4 Å². The molecule has 0 heterocycles. The summed E-state index contributed by atoms with van der Waals surface area (Å²) in [6.45, 7) is 4.10. The molecule has 2 rings (SSSR count). The second kappa shape index (κ2) is 16.6. The van der Waals surface area contributed by atoms with Gasteiger partial charge in [0.2, 0.25) is 0 Å². The Labute approximate surface area is 240 Å². The third-order valence-corrected chi connectivity index (χ3v) is 9.35. The molecule has 0 spiro atoms. The van der Waals surface area contributed by atoms with E-state index in [1.54, 1.807) is 13.8 Å². The molecule has 0 N–H and O–H groups in total. The van der Waals surface area contributed by atoms with Crippen LogP contribution in [0.1, 0.15) is 84.5 Å². The van der Waals surface area contributed by atoms with Crippen LogP contribution in [-0.4, -0.2) is 71.4 Å². The maximum absolute atomic E-state index is 13.5. The van der Waals surface area contributed by atoms with Crippen LogP contribution in [0.2, 0.25) is 0 Å². The Morgan fingerprint density at radius 3 is 1.63 bits per heavy atom. The minimum absolute atomic E-state index is 0.00481. The second-order valence-corrected chi connectivity index (χ2v) is 13.6. The van der Waals surface area contributed by atoms with Gasteiger partial charge in [-0.05, 0) is 70.6 Å². The normalized spacial score (nSPS) is 25.0. The Kier molecular flexibility index (Phi) is 14.3. The summed E-state index contributed by atoms with van der Waals surface area (Å²) in [7, 11) is -7.93. The average molecular weight is 632 g/mol. The Morgan fingerprint density at radius 1 is 0.780 bits per heavy atom. The number of rotatable bonds is 16. The summed E-state index contributed by atoms with van der Waals surface area (Å²) in [6.07, 6.45) is -0.106. The van der Waals surface area contributed by atoms with Crippen molar-refractivity contribution < 1.29 is 48.0 Å². The quantitative estimate of drug-likeness (QED) is 0.132. The number of hydrogen-bond donors (Lipinski definition) is 0. The van der Waals surface area contributed by atoms with Gasteiger partial charge in [0, 0.05) is 25.0 Å². The number of nitriles is 1. The fraction of sp³-hybridized carbons (Fsp3) is 0.880. The van der Waals surface area contributed by atoms with Crippen molar-refractivity contribution in [3.8, 4) is 6.07 Å². The van der Waals surface area contributed by atoms with Crippen molar-refractivity contribution >= 4 is 31.7 Å². The van der Waals surface area contributed by atoms with Crippen LogP contribution >= 0.6 is 0 Å². The largest absolute Gasteiger partial charge is 0.433 e. The summed E-state index contributed by atoms with van der Waals surface area (Å²) in [6, 6.07) is 1.94. The number of alkyl halides is 3. The average Bonchev–Trinajstić information content (AvgIpc) is 2.89. The minimum atomic E-state index is -4.79. The highest BCUT2D eigenvalue weighted by Crippen LogP contribution is 2.34. The molecule has 2 aliphatic carbocycles. The number of nitrogens with zero attached hydrogens (tertiary/aromatic N) is 3. The fourth-order valence-electron chi connectivity index (χ4n) is 4.88. The molecular formula is C25H40F3N3O8S2. The summed E-state index contributed by atoms with van der Waals surface area (Å²) in [5.41, 5.74) is -1.14. The van der Waals surface area contributed by atoms with Crippen LogP contribution in [0, 0.1) is 23.2 Å². The summed E-state index contributed by atoms with van der Waals surface area (Å²) >= 11 is 0. The zero-order valence-electron chi connectivity index (χ0n) is 23.5. The molecular weight excluding hydrogens is 591 g/mol. The van der Waals surface area contributed by atoms with Gasteiger partial charge in [-0.1, -0.05) is 24.2 Å². The maximum Gasteiger partial charge on any atom is 0.433 e. The smallest absolute Gasteiger partial charge is 0.378 e. The van der Waals surface area contributed by atoms with E-state index in [4.69, 9.17) is 9.47 Å². The molecule has 0 unspecified atom stereocenters. The molecule has 2 aliphatic rings. The molecule has 16 heteroatoms. The lowest BCUT2D eigenvalue weighted by molar-refractivity contribution is -0.0675. The van der Waals surface area contributed by atoms with Gasteiger partial charge in [0.15, 0.2) is 11.4 Å². The lowest BCUT2D eigenvalue weighted by Crippen LogP contribution is -2.35. The first-order chi connectivity index (χ1) is 19.3. The van der Waals surface area contributed by atoms with Crippen molar-refractivity contribution in [3.05, 3.63) is 0 Å². The van der Waals surface area contributed by atoms with E-state index in [9.17, 15) is 35.3 Å². The molecule has 0 bridgehead atoms. The van der Waals surface area contributed by atoms with E-state index in [0.29, 0.717) is 64.6 Å². The van der Waals surface area contributed by atoms with E-state index < -0.39 is 43.8 Å². The maximum atomic E-state index is 13.5. The molecule has 0 amide bonds. The highest BCUT2D eigenvalue weighted by Gasteiger charge is 2.43. The number of oxime groups is 2. The number of hydrogen-bond acceptors (Lipinski definition) is 11. The van der Waals surface area contributed by atoms with Crippen molar-refractivity contribution in [3.63, 3.8) is 0 Å². The molecule has 11 nitrogen and oxygen atoms in total. The van der Waals surface area contributed by atoms with E-state index in [2.05, 4.69) is 18.9 Å². The molecule has 0 saturated heterocycles. The highest BCUT2D eigenvalue weighted by molar-refractivity contribution is 7.86. The van der Waals surface area contributed by atoms with Gasteiger partial charge < -0.3 is 9.47 Å². The zero-order valence-corrected chi connectivity index (χ0v) is 25.1. The number of halogens is 3. The molecule has 0 aliphatic heterocycles. The van der Waals surface area contributed by atoms with E-state index in [1.807, 2.05) is 6.07 Å². The molecule has 0 atom stereocenters. The summed E-state index contributed by atoms with van der Waals surface area (Å²) in [4.78, 5) is 0. The Balaban J connectivity index is 1.68. The van der Waals surface area contributed by atoms with Crippen LogP contribution in [0.5, 0.6) is 0 Å².